The van der Waals surface area contributed by atoms with E-state index in [1.807, 2.05) is 4.90 Å². The minimum absolute atomic E-state index is 0.345. The summed E-state index contributed by atoms with van der Waals surface area (Å²) in [7, 11) is 0. The first-order valence-electron chi connectivity index (χ1n) is 4.38. The Labute approximate surface area is 66.8 Å². The fourth-order valence-electron chi connectivity index (χ4n) is 1.98. The Kier molecular flexibility index (Phi) is 1.82. The van der Waals surface area contributed by atoms with Crippen molar-refractivity contribution >= 4 is 5.91 Å². The van der Waals surface area contributed by atoms with Crippen LogP contribution in [-0.2, 0) is 4.79 Å². The molecule has 3 nitrogen and oxygen atoms in total. The molecule has 2 saturated heterocycles. The summed E-state index contributed by atoms with van der Waals surface area (Å²) < 4.78 is 0. The van der Waals surface area contributed by atoms with Gasteiger partial charge in [-0.25, -0.2) is 0 Å². The van der Waals surface area contributed by atoms with E-state index < -0.39 is 0 Å². The largest absolute Gasteiger partial charge is 0.338 e. The van der Waals surface area contributed by atoms with Gasteiger partial charge in [0.25, 0.3) is 0 Å². The molecule has 0 aromatic carbocycles. The Morgan fingerprint density at radius 3 is 3.36 bits per heavy atom. The molecule has 0 bridgehead atoms. The second kappa shape index (κ2) is 2.81. The summed E-state index contributed by atoms with van der Waals surface area (Å²) in [4.78, 5) is 13.4. The van der Waals surface area contributed by atoms with Gasteiger partial charge in [0.2, 0.25) is 5.91 Å². The van der Waals surface area contributed by atoms with Gasteiger partial charge in [0, 0.05) is 32.1 Å². The Hall–Kier alpha value is -0.570. The van der Waals surface area contributed by atoms with E-state index >= 15 is 0 Å². The summed E-state index contributed by atoms with van der Waals surface area (Å²) >= 11 is 0. The van der Waals surface area contributed by atoms with Crippen molar-refractivity contribution in [2.75, 3.05) is 19.6 Å². The maximum Gasteiger partial charge on any atom is 0.224 e. The van der Waals surface area contributed by atoms with E-state index in [1.165, 1.54) is 12.8 Å². The molecule has 11 heavy (non-hydrogen) atoms. The van der Waals surface area contributed by atoms with Gasteiger partial charge < -0.3 is 10.2 Å². The third kappa shape index (κ3) is 1.25. The molecule has 2 aliphatic rings. The predicted molar refractivity (Wildman–Crippen MR) is 42.2 cm³/mol. The van der Waals surface area contributed by atoms with Crippen LogP contribution in [0.4, 0.5) is 0 Å². The molecule has 62 valence electrons. The smallest absolute Gasteiger partial charge is 0.224 e. The third-order valence-corrected chi connectivity index (χ3v) is 2.59. The van der Waals surface area contributed by atoms with Crippen molar-refractivity contribution in [1.82, 2.24) is 10.2 Å². The monoisotopic (exact) mass is 154 g/mol. The van der Waals surface area contributed by atoms with E-state index in [0.717, 1.165) is 19.6 Å². The van der Waals surface area contributed by atoms with Gasteiger partial charge in [0.15, 0.2) is 0 Å². The molecule has 0 aliphatic carbocycles. The minimum Gasteiger partial charge on any atom is -0.338 e. The molecule has 2 fully saturated rings. The first kappa shape index (κ1) is 7.10. The average molecular weight is 154 g/mol. The quantitative estimate of drug-likeness (QED) is 0.531. The highest BCUT2D eigenvalue weighted by atomic mass is 16.2. The van der Waals surface area contributed by atoms with E-state index in [-0.39, 0.29) is 0 Å². The molecule has 1 atom stereocenters. The van der Waals surface area contributed by atoms with Gasteiger partial charge >= 0.3 is 0 Å². The van der Waals surface area contributed by atoms with Gasteiger partial charge in [-0.3, -0.25) is 4.79 Å². The van der Waals surface area contributed by atoms with Gasteiger partial charge in [-0.05, 0) is 12.8 Å². The number of hydrogen-bond donors (Lipinski definition) is 1. The Morgan fingerprint density at radius 1 is 1.55 bits per heavy atom. The van der Waals surface area contributed by atoms with Crippen molar-refractivity contribution in [1.29, 1.82) is 0 Å². The second-order valence-corrected chi connectivity index (χ2v) is 3.34. The summed E-state index contributed by atoms with van der Waals surface area (Å²) in [5.74, 6) is 0.345. The number of hydrogen-bond acceptors (Lipinski definition) is 2. The van der Waals surface area contributed by atoms with Crippen LogP contribution in [0.5, 0.6) is 0 Å². The number of carbonyl (C=O) groups is 1. The van der Waals surface area contributed by atoms with Crippen molar-refractivity contribution in [3.05, 3.63) is 0 Å². The minimum atomic E-state index is 0.345. The lowest BCUT2D eigenvalue weighted by Crippen LogP contribution is -2.37. The standard InChI is InChI=1S/C8H14N2O/c11-8-3-4-9-6-7-2-1-5-10(7)8/h7,9H,1-6H2/t7-/m0/s1. The van der Waals surface area contributed by atoms with Crippen molar-refractivity contribution in [3.63, 3.8) is 0 Å². The maximum absolute atomic E-state index is 11.4. The molecule has 2 rings (SSSR count). The van der Waals surface area contributed by atoms with Crippen molar-refractivity contribution < 1.29 is 4.79 Å². The highest BCUT2D eigenvalue weighted by Crippen LogP contribution is 2.18. The van der Waals surface area contributed by atoms with E-state index in [2.05, 4.69) is 5.32 Å². The van der Waals surface area contributed by atoms with Crippen molar-refractivity contribution in [2.24, 2.45) is 0 Å². The summed E-state index contributed by atoms with van der Waals surface area (Å²) in [5, 5.41) is 3.29. The molecule has 0 spiro atoms. The Balaban J connectivity index is 2.09. The van der Waals surface area contributed by atoms with E-state index in [0.29, 0.717) is 18.4 Å². The van der Waals surface area contributed by atoms with Gasteiger partial charge in [0.1, 0.15) is 0 Å². The molecule has 0 aromatic heterocycles. The Morgan fingerprint density at radius 2 is 2.45 bits per heavy atom. The van der Waals surface area contributed by atoms with Crippen LogP contribution < -0.4 is 5.32 Å². The molecule has 0 unspecified atom stereocenters. The van der Waals surface area contributed by atoms with Crippen LogP contribution >= 0.6 is 0 Å². The zero-order valence-corrected chi connectivity index (χ0v) is 6.68. The highest BCUT2D eigenvalue weighted by Gasteiger charge is 2.29. The molecule has 0 saturated carbocycles. The number of amides is 1. The molecule has 0 radical (unpaired) electrons. The van der Waals surface area contributed by atoms with E-state index in [4.69, 9.17) is 0 Å². The number of fused-ring (bicyclic) bond motifs is 1. The molecule has 3 heteroatoms. The molecule has 2 aliphatic heterocycles. The number of nitrogens with one attached hydrogen (secondary N) is 1. The summed E-state index contributed by atoms with van der Waals surface area (Å²) in [5.41, 5.74) is 0. The second-order valence-electron chi connectivity index (χ2n) is 3.34. The van der Waals surface area contributed by atoms with Crippen LogP contribution in [0.1, 0.15) is 19.3 Å². The first-order chi connectivity index (χ1) is 5.38. The van der Waals surface area contributed by atoms with Gasteiger partial charge in [-0.2, -0.15) is 0 Å². The predicted octanol–water partition coefficient (Wildman–Crippen LogP) is -0.0293. The van der Waals surface area contributed by atoms with Crippen LogP contribution in [0, 0.1) is 0 Å². The van der Waals surface area contributed by atoms with Crippen LogP contribution in [0.2, 0.25) is 0 Å². The van der Waals surface area contributed by atoms with Crippen LogP contribution in [0.3, 0.4) is 0 Å². The SMILES string of the molecule is O=C1CCNC[C@@H]2CCCN12. The lowest BCUT2D eigenvalue weighted by atomic mass is 10.2. The molecule has 2 heterocycles. The fraction of sp³-hybridized carbons (Fsp3) is 0.875. The summed E-state index contributed by atoms with van der Waals surface area (Å²) in [6.45, 7) is 2.86. The Bertz CT molecular complexity index is 169. The summed E-state index contributed by atoms with van der Waals surface area (Å²) in [6.07, 6.45) is 3.08. The average Bonchev–Trinajstić information content (AvgIpc) is 2.40. The normalized spacial score (nSPS) is 31.8. The lowest BCUT2D eigenvalue weighted by molar-refractivity contribution is -0.130. The van der Waals surface area contributed by atoms with Gasteiger partial charge in [-0.15, -0.1) is 0 Å². The molecule has 0 aromatic rings. The third-order valence-electron chi connectivity index (χ3n) is 2.59. The van der Waals surface area contributed by atoms with Crippen LogP contribution in [0.25, 0.3) is 0 Å². The molecule has 1 amide bonds. The number of rotatable bonds is 0. The number of nitrogens with zero attached hydrogens (tertiary/aromatic N) is 1. The zero-order valence-electron chi connectivity index (χ0n) is 6.68. The topological polar surface area (TPSA) is 32.3 Å². The number of carbonyl (C=O) groups excluding carboxylic acids is 1. The zero-order chi connectivity index (χ0) is 7.68. The van der Waals surface area contributed by atoms with Crippen LogP contribution in [-0.4, -0.2) is 36.5 Å². The first-order valence-corrected chi connectivity index (χ1v) is 4.38. The fourth-order valence-corrected chi connectivity index (χ4v) is 1.98. The van der Waals surface area contributed by atoms with E-state index in [9.17, 15) is 4.79 Å². The van der Waals surface area contributed by atoms with Crippen molar-refractivity contribution in [2.45, 2.75) is 25.3 Å². The van der Waals surface area contributed by atoms with Crippen molar-refractivity contribution in [3.8, 4) is 0 Å². The van der Waals surface area contributed by atoms with E-state index in [1.54, 1.807) is 0 Å². The molecular weight excluding hydrogens is 140 g/mol. The highest BCUT2D eigenvalue weighted by molar-refractivity contribution is 5.77. The van der Waals surface area contributed by atoms with Gasteiger partial charge in [-0.1, -0.05) is 0 Å². The summed E-state index contributed by atoms with van der Waals surface area (Å²) in [6, 6.07) is 0.505. The lowest BCUT2D eigenvalue weighted by Gasteiger charge is -2.20. The van der Waals surface area contributed by atoms with Crippen LogP contribution in [0.15, 0.2) is 0 Å². The maximum atomic E-state index is 11.4. The van der Waals surface area contributed by atoms with Gasteiger partial charge in [0.05, 0.1) is 0 Å². The molecular formula is C8H14N2O. The molecule has 1 N–H and O–H groups in total.